The number of rotatable bonds is 8. The Morgan fingerprint density at radius 3 is 2.67 bits per heavy atom. The molecule has 1 fully saturated rings. The van der Waals surface area contributed by atoms with Crippen LogP contribution >= 0.6 is 15.9 Å². The minimum Gasteiger partial charge on any atom is -0.492 e. The van der Waals surface area contributed by atoms with Gasteiger partial charge in [-0.2, -0.15) is 0 Å². The van der Waals surface area contributed by atoms with E-state index in [-0.39, 0.29) is 0 Å². The van der Waals surface area contributed by atoms with Gasteiger partial charge in [-0.05, 0) is 44.2 Å². The van der Waals surface area contributed by atoms with E-state index in [0.29, 0.717) is 0 Å². The van der Waals surface area contributed by atoms with Gasteiger partial charge in [0.2, 0.25) is 0 Å². The highest BCUT2D eigenvalue weighted by atomic mass is 79.9. The number of ether oxygens (including phenoxy) is 1. The molecule has 0 radical (unpaired) electrons. The van der Waals surface area contributed by atoms with Gasteiger partial charge in [-0.25, -0.2) is 0 Å². The van der Waals surface area contributed by atoms with Crippen LogP contribution in [0.3, 0.4) is 0 Å². The van der Waals surface area contributed by atoms with Gasteiger partial charge in [0, 0.05) is 30.1 Å². The van der Waals surface area contributed by atoms with Crippen LogP contribution in [-0.2, 0) is 0 Å². The molecule has 0 bridgehead atoms. The minimum absolute atomic E-state index is 0.717. The fraction of sp³-hybridized carbons (Fsp3) is 0.571. The second-order valence-electron chi connectivity index (χ2n) is 4.76. The third-order valence-corrected chi connectivity index (χ3v) is 3.70. The van der Waals surface area contributed by atoms with Crippen molar-refractivity contribution >= 4 is 15.9 Å². The van der Waals surface area contributed by atoms with Crippen LogP contribution in [-0.4, -0.2) is 44.2 Å². The van der Waals surface area contributed by atoms with E-state index in [1.54, 1.807) is 0 Å². The molecule has 1 aromatic carbocycles. The molecular formula is C14H21BrN2O. The zero-order valence-electron chi connectivity index (χ0n) is 10.9. The van der Waals surface area contributed by atoms with E-state index in [1.807, 2.05) is 24.3 Å². The molecule has 0 spiro atoms. The molecule has 0 amide bonds. The van der Waals surface area contributed by atoms with Gasteiger partial charge in [0.25, 0.3) is 0 Å². The molecule has 2 rings (SSSR count). The molecule has 1 aromatic rings. The van der Waals surface area contributed by atoms with Crippen LogP contribution < -0.4 is 10.1 Å². The molecule has 3 nitrogen and oxygen atoms in total. The summed E-state index contributed by atoms with van der Waals surface area (Å²) < 4.78 is 6.71. The predicted octanol–water partition coefficient (Wildman–Crippen LogP) is 2.51. The van der Waals surface area contributed by atoms with Crippen molar-refractivity contribution in [2.75, 3.05) is 33.3 Å². The SMILES string of the molecule is CN(CCNCCOc1ccc(Br)cc1)C1CC1. The molecule has 1 aliphatic rings. The number of likely N-dealkylation sites (N-methyl/N-ethyl adjacent to an activating group) is 1. The second-order valence-corrected chi connectivity index (χ2v) is 5.68. The van der Waals surface area contributed by atoms with Crippen molar-refractivity contribution in [2.24, 2.45) is 0 Å². The highest BCUT2D eigenvalue weighted by Crippen LogP contribution is 2.24. The fourth-order valence-corrected chi connectivity index (χ4v) is 2.11. The summed E-state index contributed by atoms with van der Waals surface area (Å²) in [5.41, 5.74) is 0. The summed E-state index contributed by atoms with van der Waals surface area (Å²) in [6, 6.07) is 8.79. The van der Waals surface area contributed by atoms with Crippen molar-refractivity contribution < 1.29 is 4.74 Å². The van der Waals surface area contributed by atoms with Gasteiger partial charge in [-0.3, -0.25) is 0 Å². The summed E-state index contributed by atoms with van der Waals surface area (Å²) in [6.07, 6.45) is 2.76. The Morgan fingerprint density at radius 1 is 1.28 bits per heavy atom. The molecule has 0 unspecified atom stereocenters. The topological polar surface area (TPSA) is 24.5 Å². The molecule has 0 heterocycles. The molecule has 1 saturated carbocycles. The first-order valence-electron chi connectivity index (χ1n) is 6.55. The van der Waals surface area contributed by atoms with E-state index in [4.69, 9.17) is 4.74 Å². The summed E-state index contributed by atoms with van der Waals surface area (Å²) in [6.45, 7) is 3.78. The van der Waals surface area contributed by atoms with Crippen molar-refractivity contribution in [1.29, 1.82) is 0 Å². The van der Waals surface area contributed by atoms with Crippen molar-refractivity contribution in [1.82, 2.24) is 10.2 Å². The van der Waals surface area contributed by atoms with Gasteiger partial charge in [-0.1, -0.05) is 15.9 Å². The van der Waals surface area contributed by atoms with Crippen LogP contribution in [0.25, 0.3) is 0 Å². The molecule has 1 aliphatic carbocycles. The molecular weight excluding hydrogens is 292 g/mol. The Kier molecular flexibility index (Phi) is 5.47. The van der Waals surface area contributed by atoms with Crippen molar-refractivity contribution in [2.45, 2.75) is 18.9 Å². The quantitative estimate of drug-likeness (QED) is 0.747. The lowest BCUT2D eigenvalue weighted by molar-refractivity contribution is 0.295. The molecule has 0 saturated heterocycles. The fourth-order valence-electron chi connectivity index (χ4n) is 1.85. The molecule has 100 valence electrons. The highest BCUT2D eigenvalue weighted by molar-refractivity contribution is 9.10. The number of nitrogens with one attached hydrogen (secondary N) is 1. The van der Waals surface area contributed by atoms with Gasteiger partial charge in [-0.15, -0.1) is 0 Å². The highest BCUT2D eigenvalue weighted by Gasteiger charge is 2.25. The maximum atomic E-state index is 5.63. The van der Waals surface area contributed by atoms with E-state index in [0.717, 1.165) is 42.5 Å². The Labute approximate surface area is 118 Å². The maximum Gasteiger partial charge on any atom is 0.119 e. The first kappa shape index (κ1) is 13.8. The summed E-state index contributed by atoms with van der Waals surface area (Å²) in [5.74, 6) is 0.926. The van der Waals surface area contributed by atoms with E-state index in [2.05, 4.69) is 33.2 Å². The second kappa shape index (κ2) is 7.12. The maximum absolute atomic E-state index is 5.63. The number of nitrogens with zero attached hydrogens (tertiary/aromatic N) is 1. The number of hydrogen-bond acceptors (Lipinski definition) is 3. The van der Waals surface area contributed by atoms with Crippen LogP contribution in [0, 0.1) is 0 Å². The summed E-state index contributed by atoms with van der Waals surface area (Å²) in [4.78, 5) is 2.43. The van der Waals surface area contributed by atoms with Crippen molar-refractivity contribution in [3.05, 3.63) is 28.7 Å². The Balaban J connectivity index is 1.49. The zero-order valence-corrected chi connectivity index (χ0v) is 12.4. The van der Waals surface area contributed by atoms with Gasteiger partial charge in [0.1, 0.15) is 12.4 Å². The van der Waals surface area contributed by atoms with Crippen molar-refractivity contribution in [3.8, 4) is 5.75 Å². The smallest absolute Gasteiger partial charge is 0.119 e. The third-order valence-electron chi connectivity index (χ3n) is 3.17. The van der Waals surface area contributed by atoms with E-state index in [9.17, 15) is 0 Å². The Morgan fingerprint density at radius 2 is 2.00 bits per heavy atom. The van der Waals surface area contributed by atoms with Crippen LogP contribution in [0.5, 0.6) is 5.75 Å². The lowest BCUT2D eigenvalue weighted by Gasteiger charge is -2.15. The Bertz CT molecular complexity index is 351. The molecule has 0 atom stereocenters. The van der Waals surface area contributed by atoms with Crippen LogP contribution in [0.4, 0.5) is 0 Å². The zero-order chi connectivity index (χ0) is 12.8. The summed E-state index contributed by atoms with van der Waals surface area (Å²) >= 11 is 3.41. The standard InChI is InChI=1S/C14H21BrN2O/c1-17(13-4-5-13)10-8-16-9-11-18-14-6-2-12(15)3-7-14/h2-3,6-7,13,16H,4-5,8-11H2,1H3. The van der Waals surface area contributed by atoms with Crippen molar-refractivity contribution in [3.63, 3.8) is 0 Å². The number of hydrogen-bond donors (Lipinski definition) is 1. The third kappa shape index (κ3) is 4.96. The first-order valence-corrected chi connectivity index (χ1v) is 7.34. The summed E-state index contributed by atoms with van der Waals surface area (Å²) in [7, 11) is 2.21. The normalized spacial score (nSPS) is 15.1. The largest absolute Gasteiger partial charge is 0.492 e. The van der Waals surface area contributed by atoms with E-state index in [1.165, 1.54) is 12.8 Å². The predicted molar refractivity (Wildman–Crippen MR) is 78.2 cm³/mol. The molecule has 4 heteroatoms. The molecule has 0 aromatic heterocycles. The summed E-state index contributed by atoms with van der Waals surface area (Å²) in [5, 5.41) is 3.40. The average molecular weight is 313 g/mol. The lowest BCUT2D eigenvalue weighted by atomic mass is 10.3. The van der Waals surface area contributed by atoms with Crippen LogP contribution in [0.2, 0.25) is 0 Å². The first-order chi connectivity index (χ1) is 8.75. The Hall–Kier alpha value is -0.580. The van der Waals surface area contributed by atoms with Gasteiger partial charge in [0.05, 0.1) is 0 Å². The van der Waals surface area contributed by atoms with Gasteiger partial charge < -0.3 is 15.0 Å². The molecule has 18 heavy (non-hydrogen) atoms. The van der Waals surface area contributed by atoms with E-state index >= 15 is 0 Å². The molecule has 1 N–H and O–H groups in total. The minimum atomic E-state index is 0.717. The van der Waals surface area contributed by atoms with E-state index < -0.39 is 0 Å². The van der Waals surface area contributed by atoms with Gasteiger partial charge >= 0.3 is 0 Å². The average Bonchev–Trinajstić information content (AvgIpc) is 3.19. The lowest BCUT2D eigenvalue weighted by Crippen LogP contribution is -2.32. The number of benzene rings is 1. The van der Waals surface area contributed by atoms with Crippen LogP contribution in [0.15, 0.2) is 28.7 Å². The number of halogens is 1. The molecule has 0 aliphatic heterocycles. The van der Waals surface area contributed by atoms with Crippen LogP contribution in [0.1, 0.15) is 12.8 Å². The van der Waals surface area contributed by atoms with Gasteiger partial charge in [0.15, 0.2) is 0 Å². The monoisotopic (exact) mass is 312 g/mol.